The summed E-state index contributed by atoms with van der Waals surface area (Å²) in [7, 11) is -2.52. The molecule has 1 N–H and O–H groups in total. The van der Waals surface area contributed by atoms with Crippen molar-refractivity contribution in [3.63, 3.8) is 0 Å². The monoisotopic (exact) mass is 481 g/mol. The van der Waals surface area contributed by atoms with Crippen LogP contribution in [0.4, 0.5) is 5.69 Å². The Hall–Kier alpha value is -3.85. The van der Waals surface area contributed by atoms with E-state index < -0.39 is 22.5 Å². The van der Waals surface area contributed by atoms with Crippen LogP contribution in [0.25, 0.3) is 0 Å². The molecule has 0 atom stereocenters. The molecule has 0 saturated heterocycles. The van der Waals surface area contributed by atoms with E-state index in [1.165, 1.54) is 19.2 Å². The summed E-state index contributed by atoms with van der Waals surface area (Å²) in [6.07, 6.45) is 0. The maximum absolute atomic E-state index is 13.4. The Morgan fingerprint density at radius 2 is 1.56 bits per heavy atom. The van der Waals surface area contributed by atoms with Crippen molar-refractivity contribution in [2.24, 2.45) is 5.10 Å². The minimum atomic E-state index is -4.02. The number of nitrogens with one attached hydrogen (secondary N) is 1. The van der Waals surface area contributed by atoms with Gasteiger partial charge in [-0.25, -0.2) is 13.8 Å². The number of benzene rings is 3. The molecule has 0 heterocycles. The molecule has 0 aliphatic heterocycles. The van der Waals surface area contributed by atoms with E-state index in [1.807, 2.05) is 31.2 Å². The van der Waals surface area contributed by atoms with E-state index >= 15 is 0 Å². The third kappa shape index (κ3) is 6.14. The minimum Gasteiger partial charge on any atom is -0.497 e. The van der Waals surface area contributed by atoms with Gasteiger partial charge in [-0.05, 0) is 80.1 Å². The lowest BCUT2D eigenvalue weighted by Crippen LogP contribution is -2.39. The SMILES string of the molecule is CCOc1ccc(/C(C)=N\NC(=O)CN(c2ccccc2)S(=O)(=O)c2ccc(OC)cc2)cc1. The van der Waals surface area contributed by atoms with Gasteiger partial charge in [0.25, 0.3) is 15.9 Å². The summed E-state index contributed by atoms with van der Waals surface area (Å²) in [5, 5.41) is 4.13. The maximum Gasteiger partial charge on any atom is 0.264 e. The second kappa shape index (κ2) is 11.3. The fraction of sp³-hybridized carbons (Fsp3) is 0.200. The highest BCUT2D eigenvalue weighted by Crippen LogP contribution is 2.24. The third-order valence-electron chi connectivity index (χ3n) is 4.91. The van der Waals surface area contributed by atoms with Gasteiger partial charge in [0, 0.05) is 0 Å². The molecule has 9 heteroatoms. The van der Waals surface area contributed by atoms with Gasteiger partial charge in [-0.1, -0.05) is 18.2 Å². The molecule has 3 rings (SSSR count). The summed E-state index contributed by atoms with van der Waals surface area (Å²) >= 11 is 0. The van der Waals surface area contributed by atoms with Crippen LogP contribution < -0.4 is 19.2 Å². The zero-order chi connectivity index (χ0) is 24.6. The molecule has 3 aromatic rings. The summed E-state index contributed by atoms with van der Waals surface area (Å²) < 4.78 is 38.3. The molecule has 1 amide bonds. The van der Waals surface area contributed by atoms with Crippen LogP contribution in [0.5, 0.6) is 11.5 Å². The number of rotatable bonds is 10. The molecule has 3 aromatic carbocycles. The summed E-state index contributed by atoms with van der Waals surface area (Å²) in [4.78, 5) is 12.8. The lowest BCUT2D eigenvalue weighted by molar-refractivity contribution is -0.119. The Balaban J connectivity index is 1.79. The van der Waals surface area contributed by atoms with Gasteiger partial charge >= 0.3 is 0 Å². The largest absolute Gasteiger partial charge is 0.497 e. The molecular formula is C25H27N3O5S. The molecule has 0 fully saturated rings. The van der Waals surface area contributed by atoms with E-state index in [0.29, 0.717) is 23.8 Å². The van der Waals surface area contributed by atoms with Gasteiger partial charge in [0.1, 0.15) is 18.0 Å². The average Bonchev–Trinajstić information content (AvgIpc) is 2.87. The van der Waals surface area contributed by atoms with E-state index in [-0.39, 0.29) is 4.90 Å². The topological polar surface area (TPSA) is 97.3 Å². The van der Waals surface area contributed by atoms with Crippen LogP contribution in [0, 0.1) is 0 Å². The van der Waals surface area contributed by atoms with E-state index in [4.69, 9.17) is 9.47 Å². The van der Waals surface area contributed by atoms with Gasteiger partial charge in [0.05, 0.1) is 30.0 Å². The molecule has 0 unspecified atom stereocenters. The lowest BCUT2D eigenvalue weighted by Gasteiger charge is -2.23. The number of hydrogen-bond donors (Lipinski definition) is 1. The Bertz CT molecular complexity index is 1230. The average molecular weight is 482 g/mol. The van der Waals surface area contributed by atoms with Crippen LogP contribution in [0.1, 0.15) is 19.4 Å². The standard InChI is InChI=1S/C25H27N3O5S/c1-4-33-23-12-10-20(11-13-23)19(2)26-27-25(29)18-28(21-8-6-5-7-9-21)34(30,31)24-16-14-22(32-3)15-17-24/h5-17H,4,18H2,1-3H3,(H,27,29)/b26-19-. The molecule has 0 aliphatic rings. The van der Waals surface area contributed by atoms with Crippen LogP contribution in [-0.2, 0) is 14.8 Å². The van der Waals surface area contributed by atoms with E-state index in [2.05, 4.69) is 10.5 Å². The van der Waals surface area contributed by atoms with Crippen molar-refractivity contribution in [2.45, 2.75) is 18.7 Å². The molecule has 8 nitrogen and oxygen atoms in total. The van der Waals surface area contributed by atoms with Crippen molar-refractivity contribution in [1.82, 2.24) is 5.43 Å². The summed E-state index contributed by atoms with van der Waals surface area (Å²) in [5.41, 5.74) is 4.19. The van der Waals surface area contributed by atoms with Crippen molar-refractivity contribution in [2.75, 3.05) is 24.6 Å². The van der Waals surface area contributed by atoms with Crippen molar-refractivity contribution < 1.29 is 22.7 Å². The Labute approximate surface area is 199 Å². The molecule has 0 aliphatic carbocycles. The molecule has 0 radical (unpaired) electrons. The summed E-state index contributed by atoms with van der Waals surface area (Å²) in [5.74, 6) is 0.693. The number of ether oxygens (including phenoxy) is 2. The smallest absolute Gasteiger partial charge is 0.264 e. The quantitative estimate of drug-likeness (QED) is 0.351. The van der Waals surface area contributed by atoms with Crippen molar-refractivity contribution in [3.8, 4) is 11.5 Å². The van der Waals surface area contributed by atoms with Gasteiger partial charge in [0.2, 0.25) is 0 Å². The molecule has 178 valence electrons. The molecule has 0 bridgehead atoms. The van der Waals surface area contributed by atoms with Gasteiger partial charge < -0.3 is 9.47 Å². The number of para-hydroxylation sites is 1. The lowest BCUT2D eigenvalue weighted by atomic mass is 10.1. The fourth-order valence-corrected chi connectivity index (χ4v) is 4.54. The van der Waals surface area contributed by atoms with Crippen LogP contribution in [-0.4, -0.2) is 40.3 Å². The Morgan fingerprint density at radius 3 is 2.15 bits per heavy atom. The number of amides is 1. The van der Waals surface area contributed by atoms with Gasteiger partial charge in [-0.3, -0.25) is 9.10 Å². The molecule has 0 aromatic heterocycles. The Kier molecular flexibility index (Phi) is 8.26. The number of carbonyl (C=O) groups excluding carboxylic acids is 1. The van der Waals surface area contributed by atoms with Crippen LogP contribution in [0.3, 0.4) is 0 Å². The van der Waals surface area contributed by atoms with E-state index in [9.17, 15) is 13.2 Å². The van der Waals surface area contributed by atoms with Gasteiger partial charge in [-0.15, -0.1) is 0 Å². The van der Waals surface area contributed by atoms with Crippen LogP contribution in [0.15, 0.2) is 88.9 Å². The summed E-state index contributed by atoms with van der Waals surface area (Å²) in [6.45, 7) is 3.78. The molecular weight excluding hydrogens is 454 g/mol. The first-order chi connectivity index (χ1) is 16.3. The molecule has 0 saturated carbocycles. The number of carbonyl (C=O) groups is 1. The second-order valence-electron chi connectivity index (χ2n) is 7.21. The highest BCUT2D eigenvalue weighted by Gasteiger charge is 2.27. The zero-order valence-electron chi connectivity index (χ0n) is 19.3. The minimum absolute atomic E-state index is 0.0408. The van der Waals surface area contributed by atoms with Crippen LogP contribution in [0.2, 0.25) is 0 Å². The number of anilines is 1. The van der Waals surface area contributed by atoms with Crippen LogP contribution >= 0.6 is 0 Å². The number of methoxy groups -OCH3 is 1. The second-order valence-corrected chi connectivity index (χ2v) is 9.07. The molecule has 34 heavy (non-hydrogen) atoms. The predicted octanol–water partition coefficient (Wildman–Crippen LogP) is 3.83. The van der Waals surface area contributed by atoms with E-state index in [1.54, 1.807) is 49.4 Å². The van der Waals surface area contributed by atoms with E-state index in [0.717, 1.165) is 15.6 Å². The predicted molar refractivity (Wildman–Crippen MR) is 132 cm³/mol. The molecule has 0 spiro atoms. The highest BCUT2D eigenvalue weighted by atomic mass is 32.2. The summed E-state index contributed by atoms with van der Waals surface area (Å²) in [6, 6.07) is 21.7. The zero-order valence-corrected chi connectivity index (χ0v) is 20.1. The maximum atomic E-state index is 13.4. The number of nitrogens with zero attached hydrogens (tertiary/aromatic N) is 2. The van der Waals surface area contributed by atoms with Crippen molar-refractivity contribution in [3.05, 3.63) is 84.4 Å². The van der Waals surface area contributed by atoms with Gasteiger partial charge in [-0.2, -0.15) is 5.10 Å². The van der Waals surface area contributed by atoms with Crippen molar-refractivity contribution >= 4 is 27.3 Å². The van der Waals surface area contributed by atoms with Crippen molar-refractivity contribution in [1.29, 1.82) is 0 Å². The highest BCUT2D eigenvalue weighted by molar-refractivity contribution is 7.92. The number of hydrazone groups is 1. The first-order valence-corrected chi connectivity index (χ1v) is 12.1. The Morgan fingerprint density at radius 1 is 0.941 bits per heavy atom. The van der Waals surface area contributed by atoms with Gasteiger partial charge in [0.15, 0.2) is 0 Å². The fourth-order valence-electron chi connectivity index (χ4n) is 3.12. The number of sulfonamides is 1. The number of hydrogen-bond acceptors (Lipinski definition) is 6. The normalized spacial score (nSPS) is 11.6. The first kappa shape index (κ1) is 24.8. The first-order valence-electron chi connectivity index (χ1n) is 10.6. The third-order valence-corrected chi connectivity index (χ3v) is 6.70.